The van der Waals surface area contributed by atoms with Gasteiger partial charge in [0.05, 0.1) is 16.1 Å². The summed E-state index contributed by atoms with van der Waals surface area (Å²) in [6.07, 6.45) is 3.55. The number of benzene rings is 1. The number of thiophene rings is 1. The molecular weight excluding hydrogens is 374 g/mol. The highest BCUT2D eigenvalue weighted by molar-refractivity contribution is 7.16. The molecule has 28 heavy (non-hydrogen) atoms. The van der Waals surface area contributed by atoms with E-state index in [9.17, 15) is 14.9 Å². The third-order valence-electron chi connectivity index (χ3n) is 6.50. The molecule has 1 aromatic heterocycles. The third-order valence-corrected chi connectivity index (χ3v) is 7.69. The fraction of sp³-hybridized carbons (Fsp3) is 0.476. The van der Waals surface area contributed by atoms with Crippen molar-refractivity contribution in [3.63, 3.8) is 0 Å². The highest BCUT2D eigenvalue weighted by atomic mass is 32.1. The quantitative estimate of drug-likeness (QED) is 0.556. The monoisotopic (exact) mass is 399 g/mol. The molecule has 0 spiro atoms. The van der Waals surface area contributed by atoms with Crippen molar-refractivity contribution in [3.8, 4) is 0 Å². The predicted octanol–water partition coefficient (Wildman–Crippen LogP) is 5.05. The van der Waals surface area contributed by atoms with E-state index in [4.69, 9.17) is 0 Å². The van der Waals surface area contributed by atoms with Gasteiger partial charge in [0.1, 0.15) is 11.2 Å². The number of para-hydroxylation sites is 1. The van der Waals surface area contributed by atoms with Crippen molar-refractivity contribution in [1.82, 2.24) is 5.32 Å². The summed E-state index contributed by atoms with van der Waals surface area (Å²) in [4.78, 5) is 25.2. The number of nitro groups is 1. The summed E-state index contributed by atoms with van der Waals surface area (Å²) < 4.78 is 0. The van der Waals surface area contributed by atoms with Crippen LogP contribution in [-0.4, -0.2) is 10.8 Å². The van der Waals surface area contributed by atoms with Gasteiger partial charge in [-0.05, 0) is 42.2 Å². The molecule has 4 rings (SSSR count). The fourth-order valence-corrected chi connectivity index (χ4v) is 5.66. The number of hydrogen-bond donors (Lipinski definition) is 2. The number of fused-ring (bicyclic) bond motifs is 3. The van der Waals surface area contributed by atoms with Gasteiger partial charge in [-0.25, -0.2) is 0 Å². The first kappa shape index (κ1) is 18.9. The molecule has 2 unspecified atom stereocenters. The van der Waals surface area contributed by atoms with Gasteiger partial charge in [0.25, 0.3) is 11.6 Å². The van der Waals surface area contributed by atoms with E-state index in [2.05, 4.69) is 31.4 Å². The molecule has 1 aliphatic heterocycles. The molecule has 0 fully saturated rings. The molecule has 6 nitrogen and oxygen atoms in total. The largest absolute Gasteiger partial charge is 0.352 e. The molecule has 0 saturated carbocycles. The second-order valence-electron chi connectivity index (χ2n) is 8.36. The minimum Gasteiger partial charge on any atom is -0.352 e. The molecule has 1 aromatic carbocycles. The lowest BCUT2D eigenvalue weighted by atomic mass is 9.69. The number of amides is 1. The Labute approximate surface area is 168 Å². The van der Waals surface area contributed by atoms with Crippen LogP contribution in [0, 0.1) is 21.4 Å². The summed E-state index contributed by atoms with van der Waals surface area (Å²) in [5, 5.41) is 18.5. The van der Waals surface area contributed by atoms with E-state index in [1.165, 1.54) is 10.9 Å². The molecule has 0 radical (unpaired) electrons. The molecule has 2 aliphatic rings. The standard InChI is InChI=1S/C21H25N3O3S/c1-4-21(2,3)12-9-10-14-16(11-12)28-20-17(14)19(25)22-18(23-20)13-7-5-6-8-15(13)24(26)27/h5-8,12,18,23H,4,9-11H2,1-3H3,(H,22,25). The van der Waals surface area contributed by atoms with Gasteiger partial charge in [-0.2, -0.15) is 0 Å². The Morgan fingerprint density at radius 1 is 1.29 bits per heavy atom. The first-order valence-electron chi connectivity index (χ1n) is 9.77. The molecular formula is C21H25N3O3S. The predicted molar refractivity (Wildman–Crippen MR) is 111 cm³/mol. The molecule has 148 valence electrons. The van der Waals surface area contributed by atoms with Crippen molar-refractivity contribution < 1.29 is 9.72 Å². The van der Waals surface area contributed by atoms with Crippen LogP contribution in [-0.2, 0) is 12.8 Å². The van der Waals surface area contributed by atoms with E-state index < -0.39 is 11.1 Å². The highest BCUT2D eigenvalue weighted by Gasteiger charge is 2.38. The number of carbonyl (C=O) groups is 1. The molecule has 2 heterocycles. The van der Waals surface area contributed by atoms with Gasteiger partial charge in [0, 0.05) is 10.9 Å². The fourth-order valence-electron chi connectivity index (χ4n) is 4.31. The summed E-state index contributed by atoms with van der Waals surface area (Å²) in [5.41, 5.74) is 2.67. The summed E-state index contributed by atoms with van der Waals surface area (Å²) >= 11 is 1.64. The maximum atomic E-state index is 12.9. The zero-order valence-corrected chi connectivity index (χ0v) is 17.2. The molecule has 2 N–H and O–H groups in total. The SMILES string of the molecule is CCC(C)(C)C1CCc2c(sc3c2C(=O)NC(c2ccccc2[N+](=O)[O-])N3)C1. The van der Waals surface area contributed by atoms with Gasteiger partial charge in [-0.3, -0.25) is 14.9 Å². The molecule has 2 atom stereocenters. The van der Waals surface area contributed by atoms with Crippen molar-refractivity contribution in [2.24, 2.45) is 11.3 Å². The zero-order valence-electron chi connectivity index (χ0n) is 16.4. The molecule has 1 amide bonds. The molecule has 0 saturated heterocycles. The number of nitro benzene ring substituents is 1. The van der Waals surface area contributed by atoms with Crippen molar-refractivity contribution in [3.05, 3.63) is 55.9 Å². The maximum absolute atomic E-state index is 12.9. The first-order chi connectivity index (χ1) is 13.3. The van der Waals surface area contributed by atoms with Crippen LogP contribution >= 0.6 is 11.3 Å². The topological polar surface area (TPSA) is 84.3 Å². The smallest absolute Gasteiger partial charge is 0.276 e. The normalized spacial score (nSPS) is 21.3. The van der Waals surface area contributed by atoms with Gasteiger partial charge in [-0.15, -0.1) is 11.3 Å². The van der Waals surface area contributed by atoms with E-state index in [1.807, 2.05) is 0 Å². The lowest BCUT2D eigenvalue weighted by Crippen LogP contribution is -2.38. The molecule has 2 aromatic rings. The van der Waals surface area contributed by atoms with Crippen LogP contribution in [0.25, 0.3) is 0 Å². The first-order valence-corrected chi connectivity index (χ1v) is 10.6. The highest BCUT2D eigenvalue weighted by Crippen LogP contribution is 2.47. The molecule has 7 heteroatoms. The average molecular weight is 400 g/mol. The van der Waals surface area contributed by atoms with Gasteiger partial charge in [-0.1, -0.05) is 39.3 Å². The van der Waals surface area contributed by atoms with E-state index in [-0.39, 0.29) is 17.0 Å². The minimum atomic E-state index is -0.593. The van der Waals surface area contributed by atoms with Gasteiger partial charge < -0.3 is 10.6 Å². The van der Waals surface area contributed by atoms with E-state index in [0.29, 0.717) is 11.5 Å². The third kappa shape index (κ3) is 3.07. The van der Waals surface area contributed by atoms with Crippen molar-refractivity contribution in [1.29, 1.82) is 0 Å². The number of nitrogens with zero attached hydrogens (tertiary/aromatic N) is 1. The summed E-state index contributed by atoms with van der Waals surface area (Å²) in [6.45, 7) is 6.89. The van der Waals surface area contributed by atoms with E-state index in [1.54, 1.807) is 29.5 Å². The van der Waals surface area contributed by atoms with Crippen molar-refractivity contribution in [2.75, 3.05) is 5.32 Å². The second kappa shape index (κ2) is 6.88. The van der Waals surface area contributed by atoms with Crippen LogP contribution in [0.2, 0.25) is 0 Å². The Morgan fingerprint density at radius 3 is 2.75 bits per heavy atom. The van der Waals surface area contributed by atoms with Gasteiger partial charge >= 0.3 is 0 Å². The van der Waals surface area contributed by atoms with Crippen molar-refractivity contribution in [2.45, 2.75) is 52.6 Å². The summed E-state index contributed by atoms with van der Waals surface area (Å²) in [5.74, 6) is 0.474. The number of carbonyl (C=O) groups excluding carboxylic acids is 1. The molecule has 0 bridgehead atoms. The number of nitrogens with one attached hydrogen (secondary N) is 2. The number of rotatable bonds is 4. The van der Waals surface area contributed by atoms with Crippen LogP contribution in [0.4, 0.5) is 10.7 Å². The van der Waals surface area contributed by atoms with E-state index in [0.717, 1.165) is 41.8 Å². The summed E-state index contributed by atoms with van der Waals surface area (Å²) in [7, 11) is 0. The van der Waals surface area contributed by atoms with Gasteiger partial charge in [0.2, 0.25) is 0 Å². The Hall–Kier alpha value is -2.41. The maximum Gasteiger partial charge on any atom is 0.276 e. The van der Waals surface area contributed by atoms with Gasteiger partial charge in [0.15, 0.2) is 0 Å². The van der Waals surface area contributed by atoms with E-state index >= 15 is 0 Å². The average Bonchev–Trinajstić information content (AvgIpc) is 3.06. The van der Waals surface area contributed by atoms with Crippen LogP contribution in [0.1, 0.15) is 66.1 Å². The number of anilines is 1. The Balaban J connectivity index is 1.66. The van der Waals surface area contributed by atoms with Crippen molar-refractivity contribution >= 4 is 27.9 Å². The molecule has 1 aliphatic carbocycles. The lowest BCUT2D eigenvalue weighted by Gasteiger charge is -2.36. The number of hydrogen-bond acceptors (Lipinski definition) is 5. The Kier molecular flexibility index (Phi) is 4.65. The second-order valence-corrected chi connectivity index (χ2v) is 9.46. The van der Waals surface area contributed by atoms with Crippen LogP contribution in [0.5, 0.6) is 0 Å². The van der Waals surface area contributed by atoms with Crippen LogP contribution < -0.4 is 10.6 Å². The Bertz CT molecular complexity index is 950. The van der Waals surface area contributed by atoms with Crippen LogP contribution in [0.15, 0.2) is 24.3 Å². The minimum absolute atomic E-state index is 0.00910. The lowest BCUT2D eigenvalue weighted by molar-refractivity contribution is -0.385. The van der Waals surface area contributed by atoms with Crippen LogP contribution in [0.3, 0.4) is 0 Å². The Morgan fingerprint density at radius 2 is 2.04 bits per heavy atom. The zero-order chi connectivity index (χ0) is 20.1. The summed E-state index contributed by atoms with van der Waals surface area (Å²) in [6, 6.07) is 6.55.